The summed E-state index contributed by atoms with van der Waals surface area (Å²) in [7, 11) is 0. The Morgan fingerprint density at radius 3 is 1.06 bits per heavy atom. The van der Waals surface area contributed by atoms with E-state index in [9.17, 15) is 0 Å². The third-order valence-electron chi connectivity index (χ3n) is 3.73. The molecule has 0 bridgehead atoms. The predicted octanol–water partition coefficient (Wildman–Crippen LogP) is 4.75. The minimum absolute atomic E-state index is 0.444. The maximum Gasteiger partial charge on any atom is 0.00956 e. The van der Waals surface area contributed by atoms with Gasteiger partial charge in [0.25, 0.3) is 0 Å². The zero-order valence-electron chi connectivity index (χ0n) is 12.0. The molecule has 16 heavy (non-hydrogen) atoms. The summed E-state index contributed by atoms with van der Waals surface area (Å²) < 4.78 is 0. The highest BCUT2D eigenvalue weighted by atomic mass is 14.7. The maximum absolute atomic E-state index is 6.51. The van der Waals surface area contributed by atoms with Gasteiger partial charge in [-0.15, -0.1) is 0 Å². The number of nitrogens with two attached hydrogens (primary N) is 1. The minimum Gasteiger partial charge on any atom is -0.327 e. The zero-order valence-corrected chi connectivity index (χ0v) is 12.0. The largest absolute Gasteiger partial charge is 0.327 e. The molecule has 0 aromatic heterocycles. The molecule has 0 aromatic carbocycles. The van der Waals surface area contributed by atoms with Gasteiger partial charge in [0, 0.05) is 6.04 Å². The van der Waals surface area contributed by atoms with Crippen LogP contribution in [-0.2, 0) is 0 Å². The summed E-state index contributed by atoms with van der Waals surface area (Å²) in [6.45, 7) is 9.13. The van der Waals surface area contributed by atoms with E-state index >= 15 is 0 Å². The van der Waals surface area contributed by atoms with Gasteiger partial charge in [0.2, 0.25) is 0 Å². The van der Waals surface area contributed by atoms with Crippen molar-refractivity contribution < 1.29 is 0 Å². The monoisotopic (exact) mass is 227 g/mol. The van der Waals surface area contributed by atoms with Gasteiger partial charge in [0.15, 0.2) is 0 Å². The molecule has 1 heteroatoms. The van der Waals surface area contributed by atoms with Crippen molar-refractivity contribution in [3.63, 3.8) is 0 Å². The number of hydrogen-bond donors (Lipinski definition) is 1. The summed E-state index contributed by atoms with van der Waals surface area (Å²) >= 11 is 0. The standard InChI is InChI=1S/C15H33N/c1-5-9-13(10-6-2)15(16)14(11-7-3)12-8-4/h13-15H,5-12,16H2,1-4H3. The van der Waals surface area contributed by atoms with Crippen LogP contribution in [0.25, 0.3) is 0 Å². The molecule has 98 valence electrons. The molecular weight excluding hydrogens is 194 g/mol. The molecule has 0 aliphatic rings. The third kappa shape index (κ3) is 5.89. The van der Waals surface area contributed by atoms with Gasteiger partial charge in [-0.25, -0.2) is 0 Å². The van der Waals surface area contributed by atoms with Gasteiger partial charge in [-0.2, -0.15) is 0 Å². The number of rotatable bonds is 10. The van der Waals surface area contributed by atoms with Crippen molar-refractivity contribution >= 4 is 0 Å². The van der Waals surface area contributed by atoms with Crippen LogP contribution >= 0.6 is 0 Å². The van der Waals surface area contributed by atoms with Crippen LogP contribution in [0, 0.1) is 11.8 Å². The lowest BCUT2D eigenvalue weighted by Crippen LogP contribution is -2.37. The first-order valence-corrected chi connectivity index (χ1v) is 7.46. The molecule has 2 N–H and O–H groups in total. The summed E-state index contributed by atoms with van der Waals surface area (Å²) in [6, 6.07) is 0.444. The van der Waals surface area contributed by atoms with Gasteiger partial charge < -0.3 is 5.73 Å². The van der Waals surface area contributed by atoms with E-state index < -0.39 is 0 Å². The SMILES string of the molecule is CCCC(CCC)C(N)C(CCC)CCC. The molecule has 0 radical (unpaired) electrons. The first-order valence-electron chi connectivity index (χ1n) is 7.46. The average Bonchev–Trinajstić information content (AvgIpc) is 2.27. The second-order valence-electron chi connectivity index (χ2n) is 5.25. The highest BCUT2D eigenvalue weighted by molar-refractivity contribution is 4.79. The molecule has 0 fully saturated rings. The van der Waals surface area contributed by atoms with Crippen molar-refractivity contribution in [2.24, 2.45) is 17.6 Å². The fraction of sp³-hybridized carbons (Fsp3) is 1.00. The smallest absolute Gasteiger partial charge is 0.00956 e. The Bertz CT molecular complexity index is 116. The highest BCUT2D eigenvalue weighted by Crippen LogP contribution is 2.27. The van der Waals surface area contributed by atoms with E-state index in [2.05, 4.69) is 27.7 Å². The van der Waals surface area contributed by atoms with Crippen LogP contribution in [0.15, 0.2) is 0 Å². The Morgan fingerprint density at radius 2 is 0.875 bits per heavy atom. The van der Waals surface area contributed by atoms with Gasteiger partial charge in [-0.1, -0.05) is 53.4 Å². The molecule has 0 heterocycles. The van der Waals surface area contributed by atoms with Crippen molar-refractivity contribution in [1.29, 1.82) is 0 Å². The summed E-state index contributed by atoms with van der Waals surface area (Å²) in [6.07, 6.45) is 10.4. The summed E-state index contributed by atoms with van der Waals surface area (Å²) in [4.78, 5) is 0. The van der Waals surface area contributed by atoms with Gasteiger partial charge in [-0.05, 0) is 37.5 Å². The third-order valence-corrected chi connectivity index (χ3v) is 3.73. The van der Waals surface area contributed by atoms with Crippen molar-refractivity contribution in [3.05, 3.63) is 0 Å². The zero-order chi connectivity index (χ0) is 12.4. The molecular formula is C15H33N. The second-order valence-corrected chi connectivity index (χ2v) is 5.25. The molecule has 0 spiro atoms. The molecule has 1 nitrogen and oxygen atoms in total. The van der Waals surface area contributed by atoms with Gasteiger partial charge in [0.1, 0.15) is 0 Å². The Balaban J connectivity index is 4.31. The molecule has 0 atom stereocenters. The highest BCUT2D eigenvalue weighted by Gasteiger charge is 2.23. The molecule has 0 saturated carbocycles. The topological polar surface area (TPSA) is 26.0 Å². The molecule has 0 unspecified atom stereocenters. The molecule has 0 saturated heterocycles. The quantitative estimate of drug-likeness (QED) is 0.573. The van der Waals surface area contributed by atoms with E-state index in [0.29, 0.717) is 6.04 Å². The molecule has 0 aliphatic carbocycles. The van der Waals surface area contributed by atoms with Crippen LogP contribution in [0.1, 0.15) is 79.1 Å². The average molecular weight is 227 g/mol. The Hall–Kier alpha value is -0.0400. The van der Waals surface area contributed by atoms with Gasteiger partial charge in [-0.3, -0.25) is 0 Å². The number of hydrogen-bond acceptors (Lipinski definition) is 1. The van der Waals surface area contributed by atoms with Crippen molar-refractivity contribution in [2.75, 3.05) is 0 Å². The van der Waals surface area contributed by atoms with Crippen LogP contribution in [-0.4, -0.2) is 6.04 Å². The van der Waals surface area contributed by atoms with Crippen LogP contribution < -0.4 is 5.73 Å². The van der Waals surface area contributed by atoms with Crippen LogP contribution in [0.2, 0.25) is 0 Å². The van der Waals surface area contributed by atoms with E-state index in [0.717, 1.165) is 11.8 Å². The van der Waals surface area contributed by atoms with E-state index in [1.165, 1.54) is 51.4 Å². The van der Waals surface area contributed by atoms with E-state index in [-0.39, 0.29) is 0 Å². The molecule has 0 aromatic rings. The first-order chi connectivity index (χ1) is 7.71. The van der Waals surface area contributed by atoms with Crippen LogP contribution in [0.3, 0.4) is 0 Å². The van der Waals surface area contributed by atoms with Crippen molar-refractivity contribution in [3.8, 4) is 0 Å². The fourth-order valence-corrected chi connectivity index (χ4v) is 2.93. The van der Waals surface area contributed by atoms with Crippen molar-refractivity contribution in [1.82, 2.24) is 0 Å². The second kappa shape index (κ2) is 10.1. The lowest BCUT2D eigenvalue weighted by atomic mass is 9.79. The minimum atomic E-state index is 0.444. The summed E-state index contributed by atoms with van der Waals surface area (Å²) in [5, 5.41) is 0. The Morgan fingerprint density at radius 1 is 0.625 bits per heavy atom. The normalized spacial score (nSPS) is 12.0. The lowest BCUT2D eigenvalue weighted by molar-refractivity contribution is 0.251. The maximum atomic E-state index is 6.51. The van der Waals surface area contributed by atoms with Crippen LogP contribution in [0.5, 0.6) is 0 Å². The Kier molecular flexibility index (Phi) is 10.1. The van der Waals surface area contributed by atoms with E-state index in [4.69, 9.17) is 5.73 Å². The van der Waals surface area contributed by atoms with E-state index in [1.54, 1.807) is 0 Å². The van der Waals surface area contributed by atoms with E-state index in [1.807, 2.05) is 0 Å². The Labute approximate surface area is 103 Å². The summed E-state index contributed by atoms with van der Waals surface area (Å²) in [5.41, 5.74) is 6.51. The van der Waals surface area contributed by atoms with Gasteiger partial charge in [0.05, 0.1) is 0 Å². The fourth-order valence-electron chi connectivity index (χ4n) is 2.93. The van der Waals surface area contributed by atoms with Gasteiger partial charge >= 0.3 is 0 Å². The van der Waals surface area contributed by atoms with Crippen LogP contribution in [0.4, 0.5) is 0 Å². The first kappa shape index (κ1) is 16.0. The molecule has 0 aliphatic heterocycles. The molecule has 0 rings (SSSR count). The predicted molar refractivity (Wildman–Crippen MR) is 74.6 cm³/mol. The summed E-state index contributed by atoms with van der Waals surface area (Å²) in [5.74, 6) is 1.52. The molecule has 0 amide bonds. The van der Waals surface area contributed by atoms with Crippen molar-refractivity contribution in [2.45, 2.75) is 85.1 Å². The lowest BCUT2D eigenvalue weighted by Gasteiger charge is -2.30.